The van der Waals surface area contributed by atoms with Crippen LogP contribution in [0, 0.1) is 5.41 Å². The van der Waals surface area contributed by atoms with Gasteiger partial charge in [0.15, 0.2) is 0 Å². The van der Waals surface area contributed by atoms with E-state index < -0.39 is 5.41 Å². The fraction of sp³-hybridized carbons (Fsp3) is 0.588. The van der Waals surface area contributed by atoms with E-state index in [-0.39, 0.29) is 12.5 Å². The smallest absolute Gasteiger partial charge is 0.313 e. The van der Waals surface area contributed by atoms with Gasteiger partial charge < -0.3 is 4.74 Å². The lowest BCUT2D eigenvalue weighted by molar-refractivity contribution is -0.156. The molecule has 109 valence electrons. The average molecular weight is 274 g/mol. The van der Waals surface area contributed by atoms with Gasteiger partial charge in [-0.2, -0.15) is 0 Å². The Bertz CT molecular complexity index is 408. The Kier molecular flexibility index (Phi) is 5.60. The van der Waals surface area contributed by atoms with Crippen LogP contribution in [-0.4, -0.2) is 19.1 Å². The number of esters is 1. The molecule has 1 aromatic rings. The second kappa shape index (κ2) is 7.44. The molecule has 0 unspecified atom stereocenters. The highest BCUT2D eigenvalue weighted by Gasteiger charge is 2.38. The van der Waals surface area contributed by atoms with E-state index in [0.717, 1.165) is 32.1 Å². The van der Waals surface area contributed by atoms with Crippen molar-refractivity contribution < 1.29 is 9.53 Å². The number of hydrogen-bond acceptors (Lipinski definition) is 2. The van der Waals surface area contributed by atoms with Crippen molar-refractivity contribution in [2.24, 2.45) is 5.41 Å². The van der Waals surface area contributed by atoms with E-state index in [2.05, 4.69) is 0 Å². The second-order valence-corrected chi connectivity index (χ2v) is 5.74. The predicted molar refractivity (Wildman–Crippen MR) is 79.2 cm³/mol. The molecule has 20 heavy (non-hydrogen) atoms. The molecule has 0 bridgehead atoms. The molecule has 0 aliphatic heterocycles. The molecule has 3 nitrogen and oxygen atoms in total. The third-order valence-electron chi connectivity index (χ3n) is 4.30. The van der Waals surface area contributed by atoms with E-state index in [4.69, 9.17) is 10.5 Å². The van der Waals surface area contributed by atoms with Crippen LogP contribution in [-0.2, 0) is 16.0 Å². The van der Waals surface area contributed by atoms with Crippen LogP contribution in [0.5, 0.6) is 0 Å². The molecule has 0 heterocycles. The Balaban J connectivity index is 1.86. The Morgan fingerprint density at radius 2 is 1.75 bits per heavy atom. The highest BCUT2D eigenvalue weighted by molar-refractivity contribution is 5.77. The monoisotopic (exact) mass is 274 g/mol. The first-order valence-corrected chi connectivity index (χ1v) is 7.63. The zero-order valence-electron chi connectivity index (χ0n) is 12.1. The van der Waals surface area contributed by atoms with Gasteiger partial charge in [-0.1, -0.05) is 56.0 Å². The molecule has 0 aromatic heterocycles. The molecule has 0 atom stereocenters. The number of benzene rings is 1. The van der Waals surface area contributed by atoms with Gasteiger partial charge >= 0.3 is 5.97 Å². The molecule has 0 amide bonds. The van der Waals surface area contributed by atoms with Crippen LogP contribution in [0.2, 0.25) is 0 Å². The van der Waals surface area contributed by atoms with Crippen molar-refractivity contribution in [1.82, 2.24) is 5.73 Å². The molecular formula is C17H24NO2. The van der Waals surface area contributed by atoms with Crippen molar-refractivity contribution in [3.8, 4) is 0 Å². The van der Waals surface area contributed by atoms with Crippen LogP contribution in [0.15, 0.2) is 30.3 Å². The fourth-order valence-corrected chi connectivity index (χ4v) is 2.92. The number of hydrogen-bond donors (Lipinski definition) is 0. The van der Waals surface area contributed by atoms with Gasteiger partial charge in [0.1, 0.15) is 0 Å². The normalized spacial score (nSPS) is 18.2. The number of ether oxygens (including phenoxy) is 1. The number of nitrogens with one attached hydrogen (secondary N) is 1. The molecule has 1 saturated carbocycles. The van der Waals surface area contributed by atoms with Crippen LogP contribution in [0.25, 0.3) is 0 Å². The average Bonchev–Trinajstić information content (AvgIpc) is 2.74. The third kappa shape index (κ3) is 3.83. The van der Waals surface area contributed by atoms with Crippen molar-refractivity contribution in [3.05, 3.63) is 35.9 Å². The summed E-state index contributed by atoms with van der Waals surface area (Å²) in [5.41, 5.74) is 8.42. The first-order valence-electron chi connectivity index (χ1n) is 7.63. The lowest BCUT2D eigenvalue weighted by Gasteiger charge is -2.28. The van der Waals surface area contributed by atoms with Crippen LogP contribution in [0.3, 0.4) is 0 Å². The van der Waals surface area contributed by atoms with Crippen molar-refractivity contribution in [2.45, 2.75) is 44.9 Å². The SMILES string of the molecule is [NH]CC1(C(=O)OCCc2ccccc2)CCCCCC1. The molecule has 1 fully saturated rings. The summed E-state index contributed by atoms with van der Waals surface area (Å²) in [7, 11) is 0. The van der Waals surface area contributed by atoms with Crippen molar-refractivity contribution in [3.63, 3.8) is 0 Å². The standard InChI is InChI=1S/C17H24NO2/c18-14-17(11-6-1-2-7-12-17)16(19)20-13-10-15-8-4-3-5-9-15/h3-5,8-9,18H,1-2,6-7,10-14H2. The van der Waals surface area contributed by atoms with Crippen molar-refractivity contribution in [1.29, 1.82) is 0 Å². The maximum Gasteiger partial charge on any atom is 0.313 e. The maximum absolute atomic E-state index is 12.4. The summed E-state index contributed by atoms with van der Waals surface area (Å²) in [5.74, 6) is -0.148. The van der Waals surface area contributed by atoms with E-state index in [0.29, 0.717) is 6.61 Å². The maximum atomic E-state index is 12.4. The van der Waals surface area contributed by atoms with Crippen LogP contribution in [0.1, 0.15) is 44.1 Å². The minimum Gasteiger partial charge on any atom is -0.465 e. The highest BCUT2D eigenvalue weighted by Crippen LogP contribution is 2.35. The summed E-state index contributed by atoms with van der Waals surface area (Å²) in [4.78, 5) is 12.4. The molecule has 1 aliphatic carbocycles. The Labute approximate surface area is 121 Å². The highest BCUT2D eigenvalue weighted by atomic mass is 16.5. The van der Waals surface area contributed by atoms with E-state index in [1.54, 1.807) is 0 Å². The number of rotatable bonds is 5. The Morgan fingerprint density at radius 1 is 1.10 bits per heavy atom. The van der Waals surface area contributed by atoms with Gasteiger partial charge in [-0.05, 0) is 18.4 Å². The lowest BCUT2D eigenvalue weighted by Crippen LogP contribution is -2.37. The van der Waals surface area contributed by atoms with Crippen LogP contribution < -0.4 is 5.73 Å². The van der Waals surface area contributed by atoms with Crippen molar-refractivity contribution >= 4 is 5.97 Å². The van der Waals surface area contributed by atoms with E-state index >= 15 is 0 Å². The molecule has 0 saturated heterocycles. The van der Waals surface area contributed by atoms with E-state index in [1.807, 2.05) is 30.3 Å². The summed E-state index contributed by atoms with van der Waals surface area (Å²) in [6.07, 6.45) is 6.85. The Hall–Kier alpha value is -1.35. The van der Waals surface area contributed by atoms with Gasteiger partial charge in [0.2, 0.25) is 0 Å². The van der Waals surface area contributed by atoms with Crippen molar-refractivity contribution in [2.75, 3.05) is 13.2 Å². The van der Waals surface area contributed by atoms with Crippen LogP contribution >= 0.6 is 0 Å². The second-order valence-electron chi connectivity index (χ2n) is 5.74. The minimum atomic E-state index is -0.535. The summed E-state index contributed by atoms with van der Waals surface area (Å²) < 4.78 is 5.48. The summed E-state index contributed by atoms with van der Waals surface area (Å²) in [5, 5.41) is 0. The van der Waals surface area contributed by atoms with Gasteiger partial charge in [0.25, 0.3) is 0 Å². The molecule has 3 heteroatoms. The molecule has 1 radical (unpaired) electrons. The molecule has 1 N–H and O–H groups in total. The summed E-state index contributed by atoms with van der Waals surface area (Å²) in [6.45, 7) is 0.585. The van der Waals surface area contributed by atoms with E-state index in [1.165, 1.54) is 18.4 Å². The van der Waals surface area contributed by atoms with Gasteiger partial charge in [-0.15, -0.1) is 0 Å². The van der Waals surface area contributed by atoms with Gasteiger partial charge in [0, 0.05) is 13.0 Å². The number of carbonyl (C=O) groups excluding carboxylic acids is 1. The third-order valence-corrected chi connectivity index (χ3v) is 4.30. The van der Waals surface area contributed by atoms with Crippen LogP contribution in [0.4, 0.5) is 0 Å². The van der Waals surface area contributed by atoms with Gasteiger partial charge in [-0.3, -0.25) is 10.5 Å². The fourth-order valence-electron chi connectivity index (χ4n) is 2.92. The molecular weight excluding hydrogens is 250 g/mol. The zero-order chi connectivity index (χ0) is 14.3. The lowest BCUT2D eigenvalue weighted by atomic mass is 9.80. The zero-order valence-corrected chi connectivity index (χ0v) is 12.1. The Morgan fingerprint density at radius 3 is 2.35 bits per heavy atom. The number of carbonyl (C=O) groups is 1. The quantitative estimate of drug-likeness (QED) is 0.610. The topological polar surface area (TPSA) is 50.1 Å². The first kappa shape index (κ1) is 15.0. The first-order chi connectivity index (χ1) is 9.77. The molecule has 0 spiro atoms. The molecule has 1 aliphatic rings. The summed E-state index contributed by atoms with van der Waals surface area (Å²) in [6, 6.07) is 10.1. The largest absolute Gasteiger partial charge is 0.465 e. The molecule has 1 aromatic carbocycles. The van der Waals surface area contributed by atoms with Gasteiger partial charge in [-0.25, -0.2) is 0 Å². The van der Waals surface area contributed by atoms with E-state index in [9.17, 15) is 4.79 Å². The predicted octanol–water partition coefficient (Wildman–Crippen LogP) is 3.40. The minimum absolute atomic E-state index is 0.148. The van der Waals surface area contributed by atoms with Gasteiger partial charge in [0.05, 0.1) is 12.0 Å². The molecule has 2 rings (SSSR count). The summed E-state index contributed by atoms with van der Waals surface area (Å²) >= 11 is 0.